The Bertz CT molecular complexity index is 687. The van der Waals surface area contributed by atoms with E-state index in [2.05, 4.69) is 10.6 Å². The van der Waals surface area contributed by atoms with E-state index in [0.717, 1.165) is 5.56 Å². The van der Waals surface area contributed by atoms with Crippen LogP contribution in [-0.2, 0) is 11.2 Å². The van der Waals surface area contributed by atoms with Crippen LogP contribution in [0.4, 0.5) is 10.1 Å². The molecule has 2 amide bonds. The number of rotatable bonds is 7. The molecule has 0 unspecified atom stereocenters. The first-order valence-electron chi connectivity index (χ1n) is 7.05. The highest BCUT2D eigenvalue weighted by Gasteiger charge is 2.06. The number of ether oxygens (including phenoxy) is 1. The molecule has 2 N–H and O–H groups in total. The quantitative estimate of drug-likeness (QED) is 0.771. The Labute approximate surface area is 133 Å². The molecule has 2 aromatic carbocycles. The Kier molecular flexibility index (Phi) is 5.68. The van der Waals surface area contributed by atoms with E-state index in [1.165, 1.54) is 13.2 Å². The lowest BCUT2D eigenvalue weighted by molar-refractivity contribution is -0.105. The maximum atomic E-state index is 13.3. The maximum Gasteiger partial charge on any atom is 0.251 e. The predicted molar refractivity (Wildman–Crippen MR) is 85.1 cm³/mol. The summed E-state index contributed by atoms with van der Waals surface area (Å²) >= 11 is 0. The Morgan fingerprint density at radius 2 is 1.96 bits per heavy atom. The summed E-state index contributed by atoms with van der Waals surface area (Å²) in [5.41, 5.74) is 1.99. The molecule has 5 nitrogen and oxygen atoms in total. The van der Waals surface area contributed by atoms with E-state index in [0.29, 0.717) is 30.6 Å². The van der Waals surface area contributed by atoms with Crippen molar-refractivity contribution < 1.29 is 18.7 Å². The van der Waals surface area contributed by atoms with Crippen LogP contribution in [0.15, 0.2) is 42.5 Å². The Balaban J connectivity index is 1.88. The fourth-order valence-electron chi connectivity index (χ4n) is 2.07. The van der Waals surface area contributed by atoms with Gasteiger partial charge in [0.05, 0.1) is 7.11 Å². The van der Waals surface area contributed by atoms with Crippen molar-refractivity contribution in [2.75, 3.05) is 19.0 Å². The van der Waals surface area contributed by atoms with Gasteiger partial charge in [0.2, 0.25) is 6.41 Å². The van der Waals surface area contributed by atoms with Gasteiger partial charge in [-0.1, -0.05) is 6.07 Å². The molecule has 0 heterocycles. The standard InChI is InChI=1S/C17H17FN2O3/c1-23-16-10-12(2-7-15(16)18)8-9-19-17(22)13-3-5-14(6-4-13)20-11-21/h2-7,10-11H,8-9H2,1H3,(H,19,22)(H,20,21). The fraction of sp³-hybridized carbons (Fsp3) is 0.176. The van der Waals surface area contributed by atoms with Gasteiger partial charge >= 0.3 is 0 Å². The lowest BCUT2D eigenvalue weighted by atomic mass is 10.1. The van der Waals surface area contributed by atoms with E-state index < -0.39 is 5.82 Å². The number of hydrogen-bond acceptors (Lipinski definition) is 3. The van der Waals surface area contributed by atoms with E-state index >= 15 is 0 Å². The number of methoxy groups -OCH3 is 1. The first-order valence-corrected chi connectivity index (χ1v) is 7.05. The van der Waals surface area contributed by atoms with Crippen LogP contribution in [-0.4, -0.2) is 26.0 Å². The van der Waals surface area contributed by atoms with Crippen LogP contribution < -0.4 is 15.4 Å². The minimum Gasteiger partial charge on any atom is -0.494 e. The fourth-order valence-corrected chi connectivity index (χ4v) is 2.07. The third-order valence-corrected chi connectivity index (χ3v) is 3.29. The van der Waals surface area contributed by atoms with Gasteiger partial charge in [0.1, 0.15) is 0 Å². The summed E-state index contributed by atoms with van der Waals surface area (Å²) in [4.78, 5) is 22.3. The van der Waals surface area contributed by atoms with Gasteiger partial charge in [-0.05, 0) is 48.4 Å². The highest BCUT2D eigenvalue weighted by molar-refractivity contribution is 5.94. The van der Waals surface area contributed by atoms with Crippen molar-refractivity contribution in [3.63, 3.8) is 0 Å². The van der Waals surface area contributed by atoms with Crippen LogP contribution in [0.5, 0.6) is 5.75 Å². The number of nitrogens with one attached hydrogen (secondary N) is 2. The molecule has 0 bridgehead atoms. The summed E-state index contributed by atoms with van der Waals surface area (Å²) < 4.78 is 18.2. The first-order chi connectivity index (χ1) is 11.1. The van der Waals surface area contributed by atoms with Crippen molar-refractivity contribution in [3.8, 4) is 5.75 Å². The minimum atomic E-state index is -0.413. The van der Waals surface area contributed by atoms with Gasteiger partial charge in [-0.3, -0.25) is 9.59 Å². The molecule has 6 heteroatoms. The molecule has 0 aliphatic heterocycles. The summed E-state index contributed by atoms with van der Waals surface area (Å²) in [7, 11) is 1.41. The number of amides is 2. The number of carbonyl (C=O) groups excluding carboxylic acids is 2. The zero-order chi connectivity index (χ0) is 16.7. The second-order valence-corrected chi connectivity index (χ2v) is 4.81. The zero-order valence-corrected chi connectivity index (χ0v) is 12.6. The van der Waals surface area contributed by atoms with Gasteiger partial charge in [0.15, 0.2) is 11.6 Å². The Morgan fingerprint density at radius 1 is 1.22 bits per heavy atom. The highest BCUT2D eigenvalue weighted by atomic mass is 19.1. The molecule has 0 aromatic heterocycles. The molecular weight excluding hydrogens is 299 g/mol. The van der Waals surface area contributed by atoms with Gasteiger partial charge < -0.3 is 15.4 Å². The maximum absolute atomic E-state index is 13.3. The highest BCUT2D eigenvalue weighted by Crippen LogP contribution is 2.18. The predicted octanol–water partition coefficient (Wildman–Crippen LogP) is 2.38. The number of anilines is 1. The monoisotopic (exact) mass is 316 g/mol. The average Bonchev–Trinajstić information content (AvgIpc) is 2.57. The number of carbonyl (C=O) groups is 2. The van der Waals surface area contributed by atoms with E-state index in [4.69, 9.17) is 4.74 Å². The van der Waals surface area contributed by atoms with Crippen molar-refractivity contribution >= 4 is 18.0 Å². The molecule has 2 rings (SSSR count). The Morgan fingerprint density at radius 3 is 2.61 bits per heavy atom. The molecule has 0 aliphatic carbocycles. The molecular formula is C17H17FN2O3. The average molecular weight is 316 g/mol. The molecule has 0 atom stereocenters. The second-order valence-electron chi connectivity index (χ2n) is 4.81. The summed E-state index contributed by atoms with van der Waals surface area (Å²) in [6, 6.07) is 11.2. The van der Waals surface area contributed by atoms with E-state index in [1.54, 1.807) is 36.4 Å². The first kappa shape index (κ1) is 16.5. The van der Waals surface area contributed by atoms with Crippen molar-refractivity contribution in [2.45, 2.75) is 6.42 Å². The smallest absolute Gasteiger partial charge is 0.251 e. The van der Waals surface area contributed by atoms with Crippen molar-refractivity contribution in [2.24, 2.45) is 0 Å². The van der Waals surface area contributed by atoms with E-state index in [1.807, 2.05) is 0 Å². The molecule has 0 saturated carbocycles. The van der Waals surface area contributed by atoms with Gasteiger partial charge in [-0.25, -0.2) is 4.39 Å². The number of hydrogen-bond donors (Lipinski definition) is 2. The topological polar surface area (TPSA) is 67.4 Å². The molecule has 0 aliphatic rings. The van der Waals surface area contributed by atoms with E-state index in [-0.39, 0.29) is 11.7 Å². The van der Waals surface area contributed by atoms with Crippen LogP contribution in [0, 0.1) is 5.82 Å². The third kappa shape index (κ3) is 4.54. The number of benzene rings is 2. The number of halogens is 1. The largest absolute Gasteiger partial charge is 0.494 e. The molecule has 0 radical (unpaired) electrons. The minimum absolute atomic E-state index is 0.187. The molecule has 2 aromatic rings. The summed E-state index contributed by atoms with van der Waals surface area (Å²) in [5.74, 6) is -0.437. The van der Waals surface area contributed by atoms with Crippen molar-refractivity contribution in [3.05, 3.63) is 59.4 Å². The normalized spacial score (nSPS) is 10.0. The van der Waals surface area contributed by atoms with Crippen LogP contribution in [0.3, 0.4) is 0 Å². The second kappa shape index (κ2) is 7.93. The van der Waals surface area contributed by atoms with Crippen molar-refractivity contribution in [1.82, 2.24) is 5.32 Å². The van der Waals surface area contributed by atoms with Crippen LogP contribution in [0.2, 0.25) is 0 Å². The van der Waals surface area contributed by atoms with E-state index in [9.17, 15) is 14.0 Å². The molecule has 0 saturated heterocycles. The summed E-state index contributed by atoms with van der Waals surface area (Å²) in [5, 5.41) is 5.29. The van der Waals surface area contributed by atoms with Gasteiger partial charge in [-0.2, -0.15) is 0 Å². The molecule has 0 spiro atoms. The lowest BCUT2D eigenvalue weighted by Gasteiger charge is -2.08. The Hall–Kier alpha value is -2.89. The van der Waals surface area contributed by atoms with Crippen LogP contribution >= 0.6 is 0 Å². The molecule has 23 heavy (non-hydrogen) atoms. The van der Waals surface area contributed by atoms with Crippen molar-refractivity contribution in [1.29, 1.82) is 0 Å². The van der Waals surface area contributed by atoms with Gasteiger partial charge in [0, 0.05) is 17.8 Å². The molecule has 0 fully saturated rings. The van der Waals surface area contributed by atoms with Crippen LogP contribution in [0.1, 0.15) is 15.9 Å². The van der Waals surface area contributed by atoms with Gasteiger partial charge in [-0.15, -0.1) is 0 Å². The zero-order valence-electron chi connectivity index (χ0n) is 12.6. The molecule has 120 valence electrons. The summed E-state index contributed by atoms with van der Waals surface area (Å²) in [6.45, 7) is 0.419. The SMILES string of the molecule is COc1cc(CCNC(=O)c2ccc(NC=O)cc2)ccc1F. The lowest BCUT2D eigenvalue weighted by Crippen LogP contribution is -2.25. The van der Waals surface area contributed by atoms with Gasteiger partial charge in [0.25, 0.3) is 5.91 Å². The van der Waals surface area contributed by atoms with Crippen LogP contribution in [0.25, 0.3) is 0 Å². The third-order valence-electron chi connectivity index (χ3n) is 3.29. The summed E-state index contributed by atoms with van der Waals surface area (Å²) in [6.07, 6.45) is 1.14.